The van der Waals surface area contributed by atoms with Gasteiger partial charge in [-0.2, -0.15) is 0 Å². The number of nitrogen functional groups attached to an aromatic ring is 1. The number of hydrogen-bond acceptors (Lipinski definition) is 3. The molecule has 4 nitrogen and oxygen atoms in total. The smallest absolute Gasteiger partial charge is 0.254 e. The van der Waals surface area contributed by atoms with Crippen molar-refractivity contribution in [3.05, 3.63) is 28.2 Å². The Labute approximate surface area is 122 Å². The molecule has 5 heteroatoms. The van der Waals surface area contributed by atoms with Crippen LogP contribution < -0.4 is 5.73 Å². The van der Waals surface area contributed by atoms with E-state index >= 15 is 0 Å². The van der Waals surface area contributed by atoms with Crippen LogP contribution in [0.3, 0.4) is 0 Å². The third-order valence-electron chi connectivity index (χ3n) is 3.44. The molecule has 1 aromatic rings. The SMILES string of the molecule is CCCN1CCN(C(=O)c2ccc(Br)c(N)c2)CC1. The van der Waals surface area contributed by atoms with Crippen molar-refractivity contribution < 1.29 is 4.79 Å². The Hall–Kier alpha value is -1.07. The van der Waals surface area contributed by atoms with E-state index in [1.54, 1.807) is 6.07 Å². The fraction of sp³-hybridized carbons (Fsp3) is 0.500. The van der Waals surface area contributed by atoms with Gasteiger partial charge in [0.15, 0.2) is 0 Å². The number of halogens is 1. The van der Waals surface area contributed by atoms with Crippen molar-refractivity contribution in [1.82, 2.24) is 9.80 Å². The molecule has 0 spiro atoms. The van der Waals surface area contributed by atoms with Crippen molar-refractivity contribution in [1.29, 1.82) is 0 Å². The molecule has 0 unspecified atom stereocenters. The molecule has 2 N–H and O–H groups in total. The predicted molar refractivity (Wildman–Crippen MR) is 81.2 cm³/mol. The minimum atomic E-state index is 0.0790. The number of carbonyl (C=O) groups is 1. The number of benzene rings is 1. The first kappa shape index (κ1) is 14.3. The average molecular weight is 326 g/mol. The van der Waals surface area contributed by atoms with Crippen LogP contribution in [0.1, 0.15) is 23.7 Å². The van der Waals surface area contributed by atoms with Crippen LogP contribution in [0.25, 0.3) is 0 Å². The van der Waals surface area contributed by atoms with Crippen LogP contribution in [0.15, 0.2) is 22.7 Å². The van der Waals surface area contributed by atoms with Gasteiger partial charge in [0.2, 0.25) is 0 Å². The molecule has 0 atom stereocenters. The first-order chi connectivity index (χ1) is 9.11. The van der Waals surface area contributed by atoms with E-state index in [0.717, 1.165) is 43.6 Å². The molecule has 0 aromatic heterocycles. The van der Waals surface area contributed by atoms with Crippen LogP contribution in [0.4, 0.5) is 5.69 Å². The van der Waals surface area contributed by atoms with Gasteiger partial charge in [-0.25, -0.2) is 0 Å². The number of anilines is 1. The number of carbonyl (C=O) groups excluding carboxylic acids is 1. The van der Waals surface area contributed by atoms with Crippen molar-refractivity contribution in [2.75, 3.05) is 38.5 Å². The van der Waals surface area contributed by atoms with Gasteiger partial charge in [0.05, 0.1) is 0 Å². The quantitative estimate of drug-likeness (QED) is 0.867. The molecule has 1 heterocycles. The summed E-state index contributed by atoms with van der Waals surface area (Å²) in [5.41, 5.74) is 7.10. The van der Waals surface area contributed by atoms with E-state index in [-0.39, 0.29) is 5.91 Å². The Balaban J connectivity index is 1.99. The average Bonchev–Trinajstić information content (AvgIpc) is 2.42. The molecule has 0 aliphatic carbocycles. The minimum absolute atomic E-state index is 0.0790. The lowest BCUT2D eigenvalue weighted by Crippen LogP contribution is -2.48. The third kappa shape index (κ3) is 3.48. The van der Waals surface area contributed by atoms with Crippen molar-refractivity contribution in [2.45, 2.75) is 13.3 Å². The Morgan fingerprint density at radius 1 is 1.32 bits per heavy atom. The molecule has 1 aliphatic heterocycles. The summed E-state index contributed by atoms with van der Waals surface area (Å²) in [5, 5.41) is 0. The molecule has 0 saturated carbocycles. The lowest BCUT2D eigenvalue weighted by molar-refractivity contribution is 0.0637. The molecule has 2 rings (SSSR count). The molecule has 0 bridgehead atoms. The molecule has 1 amide bonds. The van der Waals surface area contributed by atoms with Crippen LogP contribution in [-0.4, -0.2) is 48.4 Å². The summed E-state index contributed by atoms with van der Waals surface area (Å²) in [4.78, 5) is 16.7. The van der Waals surface area contributed by atoms with Gasteiger partial charge < -0.3 is 10.6 Å². The molecule has 1 aliphatic rings. The number of rotatable bonds is 3. The zero-order chi connectivity index (χ0) is 13.8. The fourth-order valence-electron chi connectivity index (χ4n) is 2.35. The van der Waals surface area contributed by atoms with E-state index in [1.165, 1.54) is 0 Å². The van der Waals surface area contributed by atoms with E-state index < -0.39 is 0 Å². The second-order valence-electron chi connectivity index (χ2n) is 4.87. The van der Waals surface area contributed by atoms with Gasteiger partial charge in [-0.05, 0) is 47.1 Å². The number of amides is 1. The highest BCUT2D eigenvalue weighted by molar-refractivity contribution is 9.10. The molecular weight excluding hydrogens is 306 g/mol. The highest BCUT2D eigenvalue weighted by Crippen LogP contribution is 2.21. The summed E-state index contributed by atoms with van der Waals surface area (Å²) < 4.78 is 0.830. The number of nitrogens with zero attached hydrogens (tertiary/aromatic N) is 2. The van der Waals surface area contributed by atoms with Crippen LogP contribution in [0.2, 0.25) is 0 Å². The Kier molecular flexibility index (Phi) is 4.82. The van der Waals surface area contributed by atoms with Crippen LogP contribution in [0.5, 0.6) is 0 Å². The van der Waals surface area contributed by atoms with E-state index in [9.17, 15) is 4.79 Å². The molecule has 1 fully saturated rings. The minimum Gasteiger partial charge on any atom is -0.398 e. The van der Waals surface area contributed by atoms with E-state index in [1.807, 2.05) is 17.0 Å². The summed E-state index contributed by atoms with van der Waals surface area (Å²) in [5.74, 6) is 0.0790. The standard InChI is InChI=1S/C14H20BrN3O/c1-2-5-17-6-8-18(9-7-17)14(19)11-3-4-12(15)13(16)10-11/h3-4,10H,2,5-9,16H2,1H3. The summed E-state index contributed by atoms with van der Waals surface area (Å²) in [6, 6.07) is 5.39. The van der Waals surface area contributed by atoms with Gasteiger partial charge >= 0.3 is 0 Å². The number of nitrogens with two attached hydrogens (primary N) is 1. The van der Waals surface area contributed by atoms with Gasteiger partial charge in [0.25, 0.3) is 5.91 Å². The van der Waals surface area contributed by atoms with Gasteiger partial charge in [-0.1, -0.05) is 6.92 Å². The fourth-order valence-corrected chi connectivity index (χ4v) is 2.60. The van der Waals surface area contributed by atoms with Crippen molar-refractivity contribution in [2.24, 2.45) is 0 Å². The van der Waals surface area contributed by atoms with E-state index in [0.29, 0.717) is 11.3 Å². The largest absolute Gasteiger partial charge is 0.398 e. The van der Waals surface area contributed by atoms with Gasteiger partial charge in [0.1, 0.15) is 0 Å². The molecule has 19 heavy (non-hydrogen) atoms. The molecule has 104 valence electrons. The maximum atomic E-state index is 12.4. The van der Waals surface area contributed by atoms with Crippen molar-refractivity contribution >= 4 is 27.5 Å². The zero-order valence-corrected chi connectivity index (χ0v) is 12.8. The van der Waals surface area contributed by atoms with Gasteiger partial charge in [-0.15, -0.1) is 0 Å². The van der Waals surface area contributed by atoms with Crippen LogP contribution >= 0.6 is 15.9 Å². The normalized spacial score (nSPS) is 16.6. The maximum Gasteiger partial charge on any atom is 0.254 e. The Bertz CT molecular complexity index is 456. The third-order valence-corrected chi connectivity index (χ3v) is 4.16. The summed E-state index contributed by atoms with van der Waals surface area (Å²) in [6.07, 6.45) is 1.16. The Morgan fingerprint density at radius 3 is 2.58 bits per heavy atom. The molecule has 0 radical (unpaired) electrons. The van der Waals surface area contributed by atoms with Gasteiger partial charge in [-0.3, -0.25) is 9.69 Å². The number of piperazine rings is 1. The summed E-state index contributed by atoms with van der Waals surface area (Å²) in [6.45, 7) is 6.83. The maximum absolute atomic E-state index is 12.4. The molecular formula is C14H20BrN3O. The summed E-state index contributed by atoms with van der Waals surface area (Å²) in [7, 11) is 0. The highest BCUT2D eigenvalue weighted by atomic mass is 79.9. The Morgan fingerprint density at radius 2 is 2.00 bits per heavy atom. The second-order valence-corrected chi connectivity index (χ2v) is 5.72. The first-order valence-electron chi connectivity index (χ1n) is 6.68. The lowest BCUT2D eigenvalue weighted by Gasteiger charge is -2.34. The molecule has 1 aromatic carbocycles. The summed E-state index contributed by atoms with van der Waals surface area (Å²) >= 11 is 3.34. The van der Waals surface area contributed by atoms with Crippen molar-refractivity contribution in [3.63, 3.8) is 0 Å². The number of hydrogen-bond donors (Lipinski definition) is 1. The molecule has 1 saturated heterocycles. The zero-order valence-electron chi connectivity index (χ0n) is 11.2. The monoisotopic (exact) mass is 325 g/mol. The van der Waals surface area contributed by atoms with Crippen LogP contribution in [0, 0.1) is 0 Å². The van der Waals surface area contributed by atoms with E-state index in [2.05, 4.69) is 27.8 Å². The highest BCUT2D eigenvalue weighted by Gasteiger charge is 2.21. The topological polar surface area (TPSA) is 49.6 Å². The lowest BCUT2D eigenvalue weighted by atomic mass is 10.1. The van der Waals surface area contributed by atoms with E-state index in [4.69, 9.17) is 5.73 Å². The predicted octanol–water partition coefficient (Wildman–Crippen LogP) is 2.20. The van der Waals surface area contributed by atoms with Crippen molar-refractivity contribution in [3.8, 4) is 0 Å². The van der Waals surface area contributed by atoms with Crippen LogP contribution in [-0.2, 0) is 0 Å². The van der Waals surface area contributed by atoms with Gasteiger partial charge in [0, 0.05) is 41.9 Å². The first-order valence-corrected chi connectivity index (χ1v) is 7.47. The second kappa shape index (κ2) is 6.39.